The summed E-state index contributed by atoms with van der Waals surface area (Å²) in [6.45, 7) is 7.74. The zero-order valence-corrected chi connectivity index (χ0v) is 13.2. The van der Waals surface area contributed by atoms with Crippen LogP contribution in [0.3, 0.4) is 0 Å². The molecule has 5 nitrogen and oxygen atoms in total. The molecule has 0 fully saturated rings. The lowest BCUT2D eigenvalue weighted by Crippen LogP contribution is -2.32. The van der Waals surface area contributed by atoms with E-state index < -0.39 is 0 Å². The van der Waals surface area contributed by atoms with Crippen LogP contribution < -0.4 is 10.6 Å². The van der Waals surface area contributed by atoms with Crippen molar-refractivity contribution in [1.82, 2.24) is 9.97 Å². The van der Waals surface area contributed by atoms with E-state index in [1.807, 2.05) is 38.1 Å². The zero-order chi connectivity index (χ0) is 15.3. The van der Waals surface area contributed by atoms with Gasteiger partial charge in [-0.2, -0.15) is 4.98 Å². The Morgan fingerprint density at radius 1 is 1.14 bits per heavy atom. The van der Waals surface area contributed by atoms with Gasteiger partial charge in [0.15, 0.2) is 0 Å². The fourth-order valence-corrected chi connectivity index (χ4v) is 1.90. The molecule has 0 saturated carbocycles. The van der Waals surface area contributed by atoms with E-state index in [1.165, 1.54) is 0 Å². The summed E-state index contributed by atoms with van der Waals surface area (Å²) in [7, 11) is 1.72. The van der Waals surface area contributed by atoms with Crippen LogP contribution in [0.2, 0.25) is 0 Å². The Labute approximate surface area is 126 Å². The highest BCUT2D eigenvalue weighted by molar-refractivity contribution is 5.90. The largest absolute Gasteiger partial charge is 0.377 e. The van der Waals surface area contributed by atoms with Crippen molar-refractivity contribution in [2.45, 2.75) is 32.8 Å². The van der Waals surface area contributed by atoms with Gasteiger partial charge in [-0.1, -0.05) is 19.1 Å². The maximum atomic E-state index is 5.45. The predicted molar refractivity (Wildman–Crippen MR) is 87.9 cm³/mol. The van der Waals surface area contributed by atoms with Crippen LogP contribution in [0, 0.1) is 0 Å². The first-order chi connectivity index (χ1) is 10.1. The lowest BCUT2D eigenvalue weighted by Gasteiger charge is -2.24. The van der Waals surface area contributed by atoms with Crippen molar-refractivity contribution in [1.29, 1.82) is 0 Å². The van der Waals surface area contributed by atoms with Crippen molar-refractivity contribution in [2.75, 3.05) is 30.8 Å². The summed E-state index contributed by atoms with van der Waals surface area (Å²) in [5, 5.41) is 7.64. The average Bonchev–Trinajstić information content (AvgIpc) is 2.50. The van der Waals surface area contributed by atoms with E-state index in [-0.39, 0.29) is 5.60 Å². The fourth-order valence-electron chi connectivity index (χ4n) is 1.90. The number of ether oxygens (including phenoxy) is 1. The highest BCUT2D eigenvalue weighted by Gasteiger charge is 2.17. The Kier molecular flexibility index (Phi) is 4.96. The summed E-state index contributed by atoms with van der Waals surface area (Å²) in [5.41, 5.74) is 0.687. The minimum atomic E-state index is -0.247. The summed E-state index contributed by atoms with van der Waals surface area (Å²) >= 11 is 0. The molecule has 0 aliphatic heterocycles. The second kappa shape index (κ2) is 6.72. The zero-order valence-electron chi connectivity index (χ0n) is 13.2. The number of nitrogens with zero attached hydrogens (tertiary/aromatic N) is 2. The van der Waals surface area contributed by atoms with Crippen LogP contribution in [0.25, 0.3) is 10.9 Å². The molecule has 0 atom stereocenters. The van der Waals surface area contributed by atoms with Gasteiger partial charge in [0.1, 0.15) is 5.82 Å². The normalized spacial score (nSPS) is 11.6. The smallest absolute Gasteiger partial charge is 0.225 e. The molecule has 114 valence electrons. The summed E-state index contributed by atoms with van der Waals surface area (Å²) < 4.78 is 5.45. The SMILES string of the molecule is CCCNc1nc(NCC(C)(C)OC)c2ccccc2n1. The highest BCUT2D eigenvalue weighted by Crippen LogP contribution is 2.22. The third-order valence-corrected chi connectivity index (χ3v) is 3.37. The van der Waals surface area contributed by atoms with Crippen molar-refractivity contribution < 1.29 is 4.74 Å². The molecule has 0 unspecified atom stereocenters. The van der Waals surface area contributed by atoms with E-state index in [1.54, 1.807) is 7.11 Å². The fraction of sp³-hybridized carbons (Fsp3) is 0.500. The van der Waals surface area contributed by atoms with Gasteiger partial charge in [-0.15, -0.1) is 0 Å². The van der Waals surface area contributed by atoms with Gasteiger partial charge in [-0.3, -0.25) is 0 Å². The molecule has 2 N–H and O–H groups in total. The van der Waals surface area contributed by atoms with Crippen molar-refractivity contribution >= 4 is 22.7 Å². The Morgan fingerprint density at radius 3 is 2.62 bits per heavy atom. The van der Waals surface area contributed by atoms with Gasteiger partial charge in [0.25, 0.3) is 0 Å². The molecule has 21 heavy (non-hydrogen) atoms. The first-order valence-electron chi connectivity index (χ1n) is 7.35. The molecule has 2 aromatic rings. The second-order valence-electron chi connectivity index (χ2n) is 5.66. The maximum absolute atomic E-state index is 5.45. The molecule has 0 saturated heterocycles. The number of hydrogen-bond donors (Lipinski definition) is 2. The van der Waals surface area contributed by atoms with Crippen LogP contribution in [-0.2, 0) is 4.74 Å². The van der Waals surface area contributed by atoms with E-state index in [2.05, 4.69) is 27.5 Å². The Hall–Kier alpha value is -1.88. The molecule has 0 bridgehead atoms. The van der Waals surface area contributed by atoms with Gasteiger partial charge in [0, 0.05) is 25.6 Å². The van der Waals surface area contributed by atoms with E-state index in [0.29, 0.717) is 12.5 Å². The Morgan fingerprint density at radius 2 is 1.90 bits per heavy atom. The van der Waals surface area contributed by atoms with Gasteiger partial charge >= 0.3 is 0 Å². The quantitative estimate of drug-likeness (QED) is 0.818. The predicted octanol–water partition coefficient (Wildman–Crippen LogP) is 3.29. The standard InChI is InChI=1S/C16H24N4O/c1-5-10-17-15-19-13-9-7-6-8-12(13)14(20-15)18-11-16(2,3)21-4/h6-9H,5,10-11H2,1-4H3,(H2,17,18,19,20). The van der Waals surface area contributed by atoms with Gasteiger partial charge in [0.2, 0.25) is 5.95 Å². The first-order valence-corrected chi connectivity index (χ1v) is 7.35. The van der Waals surface area contributed by atoms with Gasteiger partial charge < -0.3 is 15.4 Å². The molecule has 0 amide bonds. The molecule has 1 heterocycles. The van der Waals surface area contributed by atoms with Crippen LogP contribution >= 0.6 is 0 Å². The maximum Gasteiger partial charge on any atom is 0.225 e. The topological polar surface area (TPSA) is 59.1 Å². The molecule has 0 aliphatic carbocycles. The van der Waals surface area contributed by atoms with Gasteiger partial charge in [-0.25, -0.2) is 4.98 Å². The van der Waals surface area contributed by atoms with Crippen molar-refractivity contribution in [2.24, 2.45) is 0 Å². The van der Waals surface area contributed by atoms with Crippen molar-refractivity contribution in [3.63, 3.8) is 0 Å². The molecule has 2 rings (SSSR count). The summed E-state index contributed by atoms with van der Waals surface area (Å²) in [6, 6.07) is 8.02. The molecule has 1 aromatic heterocycles. The molecule has 5 heteroatoms. The van der Waals surface area contributed by atoms with Crippen molar-refractivity contribution in [3.05, 3.63) is 24.3 Å². The Bertz CT molecular complexity index is 598. The van der Waals surface area contributed by atoms with E-state index in [9.17, 15) is 0 Å². The number of methoxy groups -OCH3 is 1. The third-order valence-electron chi connectivity index (χ3n) is 3.37. The van der Waals surface area contributed by atoms with Crippen LogP contribution in [-0.4, -0.2) is 35.8 Å². The molecule has 1 aromatic carbocycles. The first kappa shape index (κ1) is 15.5. The molecule has 0 aliphatic rings. The highest BCUT2D eigenvalue weighted by atomic mass is 16.5. The number of hydrogen-bond acceptors (Lipinski definition) is 5. The summed E-state index contributed by atoms with van der Waals surface area (Å²) in [5.74, 6) is 1.50. The van der Waals surface area contributed by atoms with E-state index in [4.69, 9.17) is 4.74 Å². The minimum Gasteiger partial charge on any atom is -0.377 e. The third kappa shape index (κ3) is 4.04. The van der Waals surface area contributed by atoms with E-state index in [0.717, 1.165) is 29.7 Å². The van der Waals surface area contributed by atoms with E-state index >= 15 is 0 Å². The van der Waals surface area contributed by atoms with Crippen LogP contribution in [0.1, 0.15) is 27.2 Å². The molecular weight excluding hydrogens is 264 g/mol. The van der Waals surface area contributed by atoms with Crippen LogP contribution in [0.4, 0.5) is 11.8 Å². The lowest BCUT2D eigenvalue weighted by molar-refractivity contribution is 0.0343. The number of benzene rings is 1. The average molecular weight is 288 g/mol. The van der Waals surface area contributed by atoms with Gasteiger partial charge in [-0.05, 0) is 32.4 Å². The summed E-state index contributed by atoms with van der Waals surface area (Å²) in [4.78, 5) is 9.13. The number of anilines is 2. The molecular formula is C16H24N4O. The van der Waals surface area contributed by atoms with Crippen LogP contribution in [0.5, 0.6) is 0 Å². The number of nitrogens with one attached hydrogen (secondary N) is 2. The second-order valence-corrected chi connectivity index (χ2v) is 5.66. The molecule has 0 radical (unpaired) electrons. The Balaban J connectivity index is 2.30. The summed E-state index contributed by atoms with van der Waals surface area (Å²) in [6.07, 6.45) is 1.04. The van der Waals surface area contributed by atoms with Crippen molar-refractivity contribution in [3.8, 4) is 0 Å². The van der Waals surface area contributed by atoms with Gasteiger partial charge in [0.05, 0.1) is 11.1 Å². The molecule has 0 spiro atoms. The lowest BCUT2D eigenvalue weighted by atomic mass is 10.1. The minimum absolute atomic E-state index is 0.247. The number of fused-ring (bicyclic) bond motifs is 1. The number of rotatable bonds is 7. The number of para-hydroxylation sites is 1. The number of aromatic nitrogens is 2. The monoisotopic (exact) mass is 288 g/mol. The van der Waals surface area contributed by atoms with Crippen LogP contribution in [0.15, 0.2) is 24.3 Å².